The van der Waals surface area contributed by atoms with Gasteiger partial charge in [-0.1, -0.05) is 25.9 Å². The molecule has 26 heavy (non-hydrogen) atoms. The van der Waals surface area contributed by atoms with Gasteiger partial charge in [0.05, 0.1) is 0 Å². The molecule has 3 N–H and O–H groups in total. The van der Waals surface area contributed by atoms with E-state index in [0.717, 1.165) is 19.3 Å². The quantitative estimate of drug-likeness (QED) is 0.301. The Morgan fingerprint density at radius 1 is 0.962 bits per heavy atom. The van der Waals surface area contributed by atoms with Crippen LogP contribution < -0.4 is 10.6 Å². The van der Waals surface area contributed by atoms with Crippen LogP contribution in [-0.4, -0.2) is 34.2 Å². The fourth-order valence-corrected chi connectivity index (χ4v) is 3.84. The number of fused-ring (bicyclic) bond motifs is 3. The molecule has 0 atom stereocenters. The van der Waals surface area contributed by atoms with Gasteiger partial charge in [-0.2, -0.15) is 0 Å². The lowest BCUT2D eigenvalue weighted by molar-refractivity contribution is -0.136. The standard InChI is InChI=1S/C19H33N3O4/c1-16(2,3)13(22-25)20-14(23)18-7-10-19(11-8-18,12-9-18)21-15(24)26-17(4,5)6/h25H,7-12H2,1-6H3,(H,21,24)(H,20,22,23). The number of rotatable bonds is 2. The van der Waals surface area contributed by atoms with Crippen LogP contribution in [0.25, 0.3) is 0 Å². The van der Waals surface area contributed by atoms with Crippen molar-refractivity contribution in [1.82, 2.24) is 10.6 Å². The Bertz CT molecular complexity index is 574. The van der Waals surface area contributed by atoms with E-state index in [4.69, 9.17) is 4.74 Å². The number of amidine groups is 1. The Morgan fingerprint density at radius 3 is 1.85 bits per heavy atom. The van der Waals surface area contributed by atoms with Crippen LogP contribution in [0.1, 0.15) is 80.1 Å². The van der Waals surface area contributed by atoms with Crippen molar-refractivity contribution >= 4 is 17.8 Å². The Kier molecular flexibility index (Phi) is 5.32. The molecule has 0 radical (unpaired) electrons. The average Bonchev–Trinajstić information content (AvgIpc) is 2.50. The molecule has 0 aromatic rings. The summed E-state index contributed by atoms with van der Waals surface area (Å²) in [6.07, 6.45) is 3.98. The number of ether oxygens (including phenoxy) is 1. The predicted molar refractivity (Wildman–Crippen MR) is 99.1 cm³/mol. The summed E-state index contributed by atoms with van der Waals surface area (Å²) in [6.45, 7) is 11.2. The van der Waals surface area contributed by atoms with Crippen LogP contribution >= 0.6 is 0 Å². The van der Waals surface area contributed by atoms with Gasteiger partial charge in [0.1, 0.15) is 5.60 Å². The fourth-order valence-electron chi connectivity index (χ4n) is 3.84. The second-order valence-corrected chi connectivity index (χ2v) is 9.84. The van der Waals surface area contributed by atoms with Gasteiger partial charge >= 0.3 is 6.09 Å². The van der Waals surface area contributed by atoms with Gasteiger partial charge in [0.15, 0.2) is 5.84 Å². The zero-order chi connectivity index (χ0) is 19.8. The van der Waals surface area contributed by atoms with Crippen molar-refractivity contribution in [3.8, 4) is 0 Å². The summed E-state index contributed by atoms with van der Waals surface area (Å²) in [4.78, 5) is 25.1. The van der Waals surface area contributed by atoms with Crippen LogP contribution in [0.15, 0.2) is 5.16 Å². The third kappa shape index (κ3) is 4.48. The van der Waals surface area contributed by atoms with Crippen LogP contribution in [0.5, 0.6) is 0 Å². The predicted octanol–water partition coefficient (Wildman–Crippen LogP) is 3.55. The highest BCUT2D eigenvalue weighted by Gasteiger charge is 2.53. The minimum atomic E-state index is -0.527. The van der Waals surface area contributed by atoms with Gasteiger partial charge in [0, 0.05) is 16.4 Å². The molecule has 3 aliphatic carbocycles. The molecular weight excluding hydrogens is 334 g/mol. The van der Waals surface area contributed by atoms with Gasteiger partial charge in [-0.05, 0) is 59.3 Å². The number of carbonyl (C=O) groups excluding carboxylic acids is 2. The molecule has 2 amide bonds. The Balaban J connectivity index is 2.00. The summed E-state index contributed by atoms with van der Waals surface area (Å²) in [5, 5.41) is 18.4. The van der Waals surface area contributed by atoms with Crippen molar-refractivity contribution in [2.45, 2.75) is 91.2 Å². The molecule has 0 saturated heterocycles. The van der Waals surface area contributed by atoms with Gasteiger partial charge in [0.25, 0.3) is 0 Å². The van der Waals surface area contributed by atoms with Gasteiger partial charge in [-0.15, -0.1) is 0 Å². The largest absolute Gasteiger partial charge is 0.444 e. The minimum Gasteiger partial charge on any atom is -0.444 e. The van der Waals surface area contributed by atoms with Crippen molar-refractivity contribution in [2.24, 2.45) is 16.0 Å². The topological polar surface area (TPSA) is 100 Å². The second kappa shape index (κ2) is 6.74. The number of carbonyl (C=O) groups is 2. The minimum absolute atomic E-state index is 0.0780. The number of alkyl carbamates (subject to hydrolysis) is 1. The molecule has 2 bridgehead atoms. The smallest absolute Gasteiger partial charge is 0.408 e. The molecule has 3 fully saturated rings. The van der Waals surface area contributed by atoms with E-state index in [1.807, 2.05) is 41.5 Å². The zero-order valence-corrected chi connectivity index (χ0v) is 16.9. The van der Waals surface area contributed by atoms with E-state index in [-0.39, 0.29) is 17.3 Å². The highest BCUT2D eigenvalue weighted by Crippen LogP contribution is 2.52. The van der Waals surface area contributed by atoms with Crippen LogP contribution in [0, 0.1) is 10.8 Å². The monoisotopic (exact) mass is 367 g/mol. The Hall–Kier alpha value is -1.79. The van der Waals surface area contributed by atoms with E-state index in [9.17, 15) is 14.8 Å². The van der Waals surface area contributed by atoms with Crippen molar-refractivity contribution in [3.63, 3.8) is 0 Å². The first-order valence-electron chi connectivity index (χ1n) is 9.36. The highest BCUT2D eigenvalue weighted by atomic mass is 16.6. The van der Waals surface area contributed by atoms with Crippen LogP contribution in [0.3, 0.4) is 0 Å². The summed E-state index contributed by atoms with van der Waals surface area (Å²) in [5.74, 6) is 0.206. The first-order valence-corrected chi connectivity index (χ1v) is 9.36. The third-order valence-corrected chi connectivity index (χ3v) is 5.54. The lowest BCUT2D eigenvalue weighted by Gasteiger charge is -2.52. The van der Waals surface area contributed by atoms with E-state index in [2.05, 4.69) is 15.8 Å². The lowest BCUT2D eigenvalue weighted by Crippen LogP contribution is -2.61. The molecule has 0 aromatic heterocycles. The highest BCUT2D eigenvalue weighted by molar-refractivity contribution is 6.02. The molecule has 7 heteroatoms. The van der Waals surface area contributed by atoms with Gasteiger partial charge < -0.3 is 20.6 Å². The van der Waals surface area contributed by atoms with Gasteiger partial charge in [-0.25, -0.2) is 4.79 Å². The number of hydrogen-bond donors (Lipinski definition) is 3. The van der Waals surface area contributed by atoms with Crippen LogP contribution in [0.4, 0.5) is 4.79 Å². The number of amides is 2. The van der Waals surface area contributed by atoms with Crippen molar-refractivity contribution in [2.75, 3.05) is 0 Å². The molecule has 0 heterocycles. The maximum absolute atomic E-state index is 12.9. The molecule has 7 nitrogen and oxygen atoms in total. The second-order valence-electron chi connectivity index (χ2n) is 9.84. The Labute approximate surface area is 155 Å². The van der Waals surface area contributed by atoms with Crippen molar-refractivity contribution < 1.29 is 19.5 Å². The number of nitrogens with one attached hydrogen (secondary N) is 2. The zero-order valence-electron chi connectivity index (χ0n) is 16.9. The van der Waals surface area contributed by atoms with Crippen LogP contribution in [-0.2, 0) is 9.53 Å². The third-order valence-electron chi connectivity index (χ3n) is 5.54. The average molecular weight is 367 g/mol. The molecular formula is C19H33N3O4. The lowest BCUT2D eigenvalue weighted by atomic mass is 9.57. The first-order chi connectivity index (χ1) is 11.8. The maximum Gasteiger partial charge on any atom is 0.408 e. The molecule has 3 aliphatic rings. The van der Waals surface area contributed by atoms with Crippen LogP contribution in [0.2, 0.25) is 0 Å². The molecule has 148 valence electrons. The van der Waals surface area contributed by atoms with Crippen molar-refractivity contribution in [3.05, 3.63) is 0 Å². The summed E-state index contributed by atoms with van der Waals surface area (Å²) in [5.41, 5.74) is -1.69. The number of nitrogens with zero attached hydrogens (tertiary/aromatic N) is 1. The normalized spacial score (nSPS) is 29.2. The van der Waals surface area contributed by atoms with Gasteiger partial charge in [0.2, 0.25) is 5.91 Å². The van der Waals surface area contributed by atoms with E-state index in [1.165, 1.54) is 0 Å². The SMILES string of the molecule is CC(C)(C)OC(=O)NC12CCC(C(=O)N/C(=N/O)C(C)(C)C)(CC1)CC2. The maximum atomic E-state index is 12.9. The Morgan fingerprint density at radius 2 is 1.46 bits per heavy atom. The summed E-state index contributed by atoms with van der Waals surface area (Å²) < 4.78 is 5.39. The van der Waals surface area contributed by atoms with Crippen molar-refractivity contribution in [1.29, 1.82) is 0 Å². The van der Waals surface area contributed by atoms with E-state index >= 15 is 0 Å². The van der Waals surface area contributed by atoms with E-state index in [0.29, 0.717) is 19.3 Å². The number of oxime groups is 1. The van der Waals surface area contributed by atoms with E-state index < -0.39 is 22.5 Å². The summed E-state index contributed by atoms with van der Waals surface area (Å²) in [6, 6.07) is 0. The summed E-state index contributed by atoms with van der Waals surface area (Å²) in [7, 11) is 0. The number of hydrogen-bond acceptors (Lipinski definition) is 5. The first kappa shape index (κ1) is 20.5. The van der Waals surface area contributed by atoms with Gasteiger partial charge in [-0.3, -0.25) is 4.79 Å². The van der Waals surface area contributed by atoms with E-state index in [1.54, 1.807) is 0 Å². The summed E-state index contributed by atoms with van der Waals surface area (Å²) >= 11 is 0. The molecule has 3 rings (SSSR count). The molecule has 3 saturated carbocycles. The molecule has 0 unspecified atom stereocenters. The molecule has 0 aliphatic heterocycles. The fraction of sp³-hybridized carbons (Fsp3) is 0.842. The molecule has 0 aromatic carbocycles. The molecule has 0 spiro atoms.